The van der Waals surface area contributed by atoms with E-state index in [4.69, 9.17) is 16.3 Å². The monoisotopic (exact) mass is 419 g/mol. The summed E-state index contributed by atoms with van der Waals surface area (Å²) in [5, 5.41) is 7.26. The maximum absolute atomic E-state index is 12.4. The Labute approximate surface area is 158 Å². The van der Waals surface area contributed by atoms with Crippen molar-refractivity contribution in [1.82, 2.24) is 9.78 Å². The molecule has 0 aliphatic rings. The number of rotatable bonds is 4. The first kappa shape index (κ1) is 17.5. The first-order valence-corrected chi connectivity index (χ1v) is 8.65. The molecule has 1 amide bonds. The van der Waals surface area contributed by atoms with E-state index >= 15 is 0 Å². The zero-order valence-corrected chi connectivity index (χ0v) is 15.9. The number of aryl methyl sites for hydroxylation is 2. The smallest absolute Gasteiger partial charge is 0.260 e. The van der Waals surface area contributed by atoms with E-state index in [2.05, 4.69) is 26.3 Å². The molecule has 7 heteroatoms. The van der Waals surface area contributed by atoms with Crippen LogP contribution in [0.25, 0.3) is 0 Å². The molecule has 3 rings (SSSR count). The first-order valence-electron chi connectivity index (χ1n) is 7.48. The first-order chi connectivity index (χ1) is 11.9. The molecule has 0 aliphatic carbocycles. The third-order valence-corrected chi connectivity index (χ3v) is 4.50. The van der Waals surface area contributed by atoms with Crippen LogP contribution in [-0.4, -0.2) is 15.7 Å². The summed E-state index contributed by atoms with van der Waals surface area (Å²) < 4.78 is 8.21. The summed E-state index contributed by atoms with van der Waals surface area (Å²) in [6, 6.07) is 14.7. The molecule has 1 heterocycles. The number of benzene rings is 2. The highest BCUT2D eigenvalue weighted by molar-refractivity contribution is 9.10. The Morgan fingerprint density at radius 3 is 2.20 bits per heavy atom. The molecule has 5 nitrogen and oxygen atoms in total. The van der Waals surface area contributed by atoms with Crippen LogP contribution >= 0.6 is 27.5 Å². The average Bonchev–Trinajstić information content (AvgIpc) is 2.84. The van der Waals surface area contributed by atoms with Crippen molar-refractivity contribution in [2.75, 3.05) is 5.32 Å². The van der Waals surface area contributed by atoms with Crippen LogP contribution in [0.1, 0.15) is 16.1 Å². The van der Waals surface area contributed by atoms with Gasteiger partial charge in [0.2, 0.25) is 0 Å². The molecular formula is C18H15BrClN3O2. The number of hydrogen-bond acceptors (Lipinski definition) is 3. The van der Waals surface area contributed by atoms with E-state index in [-0.39, 0.29) is 5.91 Å². The second kappa shape index (κ2) is 7.29. The Morgan fingerprint density at radius 1 is 1.12 bits per heavy atom. The number of hydrogen-bond donors (Lipinski definition) is 1. The van der Waals surface area contributed by atoms with E-state index in [1.54, 1.807) is 38.2 Å². The summed E-state index contributed by atoms with van der Waals surface area (Å²) in [7, 11) is 1.69. The Bertz CT molecular complexity index is 905. The lowest BCUT2D eigenvalue weighted by Crippen LogP contribution is -2.13. The molecule has 0 radical (unpaired) electrons. The lowest BCUT2D eigenvalue weighted by Gasteiger charge is -2.08. The van der Waals surface area contributed by atoms with Crippen LogP contribution in [0.3, 0.4) is 0 Å². The van der Waals surface area contributed by atoms with Gasteiger partial charge < -0.3 is 10.1 Å². The summed E-state index contributed by atoms with van der Waals surface area (Å²) in [6.07, 6.45) is 0. The molecule has 25 heavy (non-hydrogen) atoms. The fraction of sp³-hybridized carbons (Fsp3) is 0.111. The highest BCUT2D eigenvalue weighted by Crippen LogP contribution is 2.25. The van der Waals surface area contributed by atoms with Crippen molar-refractivity contribution in [1.29, 1.82) is 0 Å². The van der Waals surface area contributed by atoms with Gasteiger partial charge in [-0.2, -0.15) is 5.10 Å². The number of carbonyl (C=O) groups excluding carboxylic acids is 1. The Morgan fingerprint density at radius 2 is 1.68 bits per heavy atom. The zero-order valence-electron chi connectivity index (χ0n) is 13.6. The molecule has 0 aliphatic heterocycles. The number of ether oxygens (including phenoxy) is 1. The predicted octanol–water partition coefficient (Wildman–Crippen LogP) is 5.19. The standard InChI is InChI=1S/C18H15BrClN3O2/c1-11-16(17(20)23(2)22-11)18(24)21-13-5-9-15(10-6-13)25-14-7-3-12(19)4-8-14/h3-10H,1-2H3,(H,21,24). The van der Waals surface area contributed by atoms with Crippen LogP contribution in [0, 0.1) is 6.92 Å². The molecule has 0 spiro atoms. The summed E-state index contributed by atoms with van der Waals surface area (Å²) in [5.74, 6) is 1.12. The van der Waals surface area contributed by atoms with E-state index in [0.717, 1.165) is 10.2 Å². The molecule has 0 bridgehead atoms. The van der Waals surface area contributed by atoms with Gasteiger partial charge in [0.05, 0.1) is 11.3 Å². The zero-order chi connectivity index (χ0) is 18.0. The minimum atomic E-state index is -0.294. The van der Waals surface area contributed by atoms with Crippen molar-refractivity contribution in [3.8, 4) is 11.5 Å². The topological polar surface area (TPSA) is 56.2 Å². The van der Waals surface area contributed by atoms with Crippen LogP contribution < -0.4 is 10.1 Å². The number of aromatic nitrogens is 2. The third kappa shape index (κ3) is 4.03. The summed E-state index contributed by atoms with van der Waals surface area (Å²) >= 11 is 9.50. The van der Waals surface area contributed by atoms with Crippen LogP contribution in [0.5, 0.6) is 11.5 Å². The summed E-state index contributed by atoms with van der Waals surface area (Å²) in [5.41, 5.74) is 1.60. The van der Waals surface area contributed by atoms with Gasteiger partial charge in [0.1, 0.15) is 16.7 Å². The Hall–Kier alpha value is -2.31. The van der Waals surface area contributed by atoms with Gasteiger partial charge in [-0.1, -0.05) is 27.5 Å². The normalized spacial score (nSPS) is 10.6. The minimum Gasteiger partial charge on any atom is -0.457 e. The Balaban J connectivity index is 1.70. The highest BCUT2D eigenvalue weighted by atomic mass is 79.9. The minimum absolute atomic E-state index is 0.294. The van der Waals surface area contributed by atoms with Gasteiger partial charge in [-0.3, -0.25) is 9.48 Å². The van der Waals surface area contributed by atoms with Gasteiger partial charge in [0.25, 0.3) is 5.91 Å². The van der Waals surface area contributed by atoms with Gasteiger partial charge in [-0.15, -0.1) is 0 Å². The van der Waals surface area contributed by atoms with Crippen molar-refractivity contribution in [2.45, 2.75) is 6.92 Å². The van der Waals surface area contributed by atoms with E-state index in [0.29, 0.717) is 27.8 Å². The van der Waals surface area contributed by atoms with Crippen LogP contribution in [0.2, 0.25) is 5.15 Å². The molecule has 128 valence electrons. The quantitative estimate of drug-likeness (QED) is 0.632. The fourth-order valence-corrected chi connectivity index (χ4v) is 2.85. The molecular weight excluding hydrogens is 406 g/mol. The van der Waals surface area contributed by atoms with Crippen molar-refractivity contribution >= 4 is 39.1 Å². The molecule has 0 saturated carbocycles. The van der Waals surface area contributed by atoms with E-state index in [1.807, 2.05) is 24.3 Å². The van der Waals surface area contributed by atoms with Crippen molar-refractivity contribution in [3.63, 3.8) is 0 Å². The maximum Gasteiger partial charge on any atom is 0.260 e. The fourth-order valence-electron chi connectivity index (χ4n) is 2.33. The van der Waals surface area contributed by atoms with E-state index < -0.39 is 0 Å². The van der Waals surface area contributed by atoms with Crippen LogP contribution in [-0.2, 0) is 7.05 Å². The predicted molar refractivity (Wildman–Crippen MR) is 102 cm³/mol. The second-order valence-corrected chi connectivity index (χ2v) is 6.68. The SMILES string of the molecule is Cc1nn(C)c(Cl)c1C(=O)Nc1ccc(Oc2ccc(Br)cc2)cc1. The molecule has 0 saturated heterocycles. The van der Waals surface area contributed by atoms with Gasteiger partial charge in [0, 0.05) is 17.2 Å². The largest absolute Gasteiger partial charge is 0.457 e. The molecule has 0 unspecified atom stereocenters. The number of halogens is 2. The van der Waals surface area contributed by atoms with E-state index in [9.17, 15) is 4.79 Å². The maximum atomic E-state index is 12.4. The van der Waals surface area contributed by atoms with E-state index in [1.165, 1.54) is 4.68 Å². The number of nitrogens with one attached hydrogen (secondary N) is 1. The number of amides is 1. The molecule has 3 aromatic rings. The van der Waals surface area contributed by atoms with Gasteiger partial charge in [-0.05, 0) is 55.5 Å². The van der Waals surface area contributed by atoms with Crippen LogP contribution in [0.15, 0.2) is 53.0 Å². The molecule has 1 N–H and O–H groups in total. The van der Waals surface area contributed by atoms with Crippen molar-refractivity contribution in [3.05, 3.63) is 69.4 Å². The Kier molecular flexibility index (Phi) is 5.11. The third-order valence-electron chi connectivity index (χ3n) is 3.54. The number of anilines is 1. The van der Waals surface area contributed by atoms with Gasteiger partial charge in [0.15, 0.2) is 0 Å². The average molecular weight is 421 g/mol. The van der Waals surface area contributed by atoms with Crippen LogP contribution in [0.4, 0.5) is 5.69 Å². The van der Waals surface area contributed by atoms with Crippen molar-refractivity contribution < 1.29 is 9.53 Å². The summed E-state index contributed by atoms with van der Waals surface area (Å²) in [6.45, 7) is 1.75. The summed E-state index contributed by atoms with van der Waals surface area (Å²) in [4.78, 5) is 12.4. The number of nitrogens with zero attached hydrogens (tertiary/aromatic N) is 2. The lowest BCUT2D eigenvalue weighted by molar-refractivity contribution is 0.102. The lowest BCUT2D eigenvalue weighted by atomic mass is 10.2. The number of carbonyl (C=O) groups is 1. The van der Waals surface area contributed by atoms with Gasteiger partial charge >= 0.3 is 0 Å². The highest BCUT2D eigenvalue weighted by Gasteiger charge is 2.18. The molecule has 2 aromatic carbocycles. The second-order valence-electron chi connectivity index (χ2n) is 5.41. The molecule has 0 fully saturated rings. The molecule has 0 atom stereocenters. The van der Waals surface area contributed by atoms with Gasteiger partial charge in [-0.25, -0.2) is 0 Å². The molecule has 1 aromatic heterocycles. The van der Waals surface area contributed by atoms with Crippen molar-refractivity contribution in [2.24, 2.45) is 7.05 Å².